The van der Waals surface area contributed by atoms with Gasteiger partial charge in [0.2, 0.25) is 0 Å². The smallest absolute Gasteiger partial charge is 0.295 e. The predicted octanol–water partition coefficient (Wildman–Crippen LogP) is 7.23. The summed E-state index contributed by atoms with van der Waals surface area (Å²) >= 11 is 0. The molecule has 0 amide bonds. The Morgan fingerprint density at radius 2 is 1.51 bits per heavy atom. The van der Waals surface area contributed by atoms with Gasteiger partial charge in [0.05, 0.1) is 22.9 Å². The quantitative estimate of drug-likeness (QED) is 0.0873. The summed E-state index contributed by atoms with van der Waals surface area (Å²) in [6, 6.07) is 29.0. The number of hydrogen-bond donors (Lipinski definition) is 5. The van der Waals surface area contributed by atoms with Crippen molar-refractivity contribution in [3.8, 4) is 0 Å². The summed E-state index contributed by atoms with van der Waals surface area (Å²) in [5.74, 6) is 0.114. The molecule has 0 unspecified atom stereocenters. The molecule has 300 valence electrons. The summed E-state index contributed by atoms with van der Waals surface area (Å²) in [6.45, 7) is 9.66. The molecule has 6 rings (SSSR count). The van der Waals surface area contributed by atoms with Crippen LogP contribution in [0, 0.1) is 5.92 Å². The number of benzene rings is 4. The Morgan fingerprint density at radius 1 is 0.825 bits per heavy atom. The highest BCUT2D eigenvalue weighted by molar-refractivity contribution is 7.91. The number of nitrogens with one attached hydrogen (secondary N) is 2. The monoisotopic (exact) mass is 807 g/mol. The molecular weight excluding hydrogens is 755 g/mol. The minimum atomic E-state index is -4.60. The summed E-state index contributed by atoms with van der Waals surface area (Å²) in [5, 5.41) is 7.09. The first-order valence-electron chi connectivity index (χ1n) is 19.1. The Hall–Kier alpha value is -4.69. The van der Waals surface area contributed by atoms with Crippen LogP contribution in [0.15, 0.2) is 141 Å². The van der Waals surface area contributed by atoms with Gasteiger partial charge >= 0.3 is 0 Å². The molecule has 4 aromatic rings. The fraction of sp³-hybridized carbons (Fsp3) is 0.311. The number of aliphatic imine (C=N–C) groups is 1. The molecule has 0 saturated carbocycles. The molecule has 2 aliphatic rings. The zero-order valence-electron chi connectivity index (χ0n) is 33.0. The second kappa shape index (κ2) is 17.0. The summed E-state index contributed by atoms with van der Waals surface area (Å²) in [6.07, 6.45) is 7.10. The minimum absolute atomic E-state index is 0.0301. The Kier molecular flexibility index (Phi) is 12.5. The van der Waals surface area contributed by atoms with Gasteiger partial charge in [-0.15, -0.1) is 0 Å². The van der Waals surface area contributed by atoms with Crippen molar-refractivity contribution in [3.63, 3.8) is 0 Å². The topological polar surface area (TPSA) is 177 Å². The number of nitrogens with zero attached hydrogens (tertiary/aromatic N) is 1. The van der Waals surface area contributed by atoms with Crippen LogP contribution in [0.4, 0.5) is 5.69 Å². The van der Waals surface area contributed by atoms with Gasteiger partial charge in [-0.05, 0) is 128 Å². The van der Waals surface area contributed by atoms with Crippen molar-refractivity contribution >= 4 is 36.9 Å². The molecule has 1 fully saturated rings. The third-order valence-electron chi connectivity index (χ3n) is 10.4. The van der Waals surface area contributed by atoms with E-state index in [1.54, 1.807) is 36.4 Å². The lowest BCUT2D eigenvalue weighted by molar-refractivity contribution is 0.139. The van der Waals surface area contributed by atoms with E-state index in [-0.39, 0.29) is 52.2 Å². The molecule has 7 N–H and O–H groups in total. The highest BCUT2D eigenvalue weighted by atomic mass is 32.2. The molecule has 10 nitrogen and oxygen atoms in total. The number of anilines is 1. The Morgan fingerprint density at radius 3 is 2.19 bits per heavy atom. The standard InChI is InChI=1S/C45H53N5O5S2/c1-44(2)24-33(25-45(3,4)50-44)30-56(51,52)38-14-10-13-32(21-38)29-49-41-20-18-35(23-37(41)27-47)43(39-15-8-9-16-42(39)57(53,54)55)34-17-19-40(36(22-34)26-46)48-28-31-11-6-5-7-12-31/h5-23,33,48,50H,24-30,46-47H2,1-4H3,(H,53,54,55). The van der Waals surface area contributed by atoms with Crippen molar-refractivity contribution in [2.24, 2.45) is 22.4 Å². The van der Waals surface area contributed by atoms with E-state index in [0.29, 0.717) is 40.1 Å². The maximum Gasteiger partial charge on any atom is 0.295 e. The molecule has 4 aromatic carbocycles. The summed E-state index contributed by atoms with van der Waals surface area (Å²) in [5.41, 5.74) is 19.3. The van der Waals surface area contributed by atoms with Crippen LogP contribution in [0.25, 0.3) is 5.57 Å². The van der Waals surface area contributed by atoms with Crippen molar-refractivity contribution < 1.29 is 21.4 Å². The van der Waals surface area contributed by atoms with Crippen molar-refractivity contribution in [3.05, 3.63) is 154 Å². The largest absolute Gasteiger partial charge is 0.381 e. The highest BCUT2D eigenvalue weighted by Gasteiger charge is 2.39. The van der Waals surface area contributed by atoms with Gasteiger partial charge in [-0.2, -0.15) is 8.42 Å². The van der Waals surface area contributed by atoms with Crippen LogP contribution >= 0.6 is 0 Å². The average molecular weight is 808 g/mol. The van der Waals surface area contributed by atoms with E-state index in [9.17, 15) is 21.4 Å². The predicted molar refractivity (Wildman–Crippen MR) is 230 cm³/mol. The van der Waals surface area contributed by atoms with Crippen LogP contribution in [0.2, 0.25) is 0 Å². The Labute approximate surface area is 337 Å². The van der Waals surface area contributed by atoms with E-state index in [2.05, 4.69) is 38.3 Å². The van der Waals surface area contributed by atoms with Gasteiger partial charge in [-0.3, -0.25) is 9.55 Å². The maximum atomic E-state index is 13.7. The number of sulfone groups is 1. The summed E-state index contributed by atoms with van der Waals surface area (Å²) in [4.78, 5) is 4.91. The highest BCUT2D eigenvalue weighted by Crippen LogP contribution is 2.37. The number of hydrogen-bond acceptors (Lipinski definition) is 9. The van der Waals surface area contributed by atoms with Gasteiger partial charge in [0, 0.05) is 42.0 Å². The summed E-state index contributed by atoms with van der Waals surface area (Å²) in [7, 11) is -8.15. The lowest BCUT2D eigenvalue weighted by atomic mass is 9.77. The van der Waals surface area contributed by atoms with E-state index in [4.69, 9.17) is 16.5 Å². The Bertz CT molecular complexity index is 2450. The molecule has 1 saturated heterocycles. The first kappa shape index (κ1) is 41.9. The number of rotatable bonds is 13. The molecule has 57 heavy (non-hydrogen) atoms. The van der Waals surface area contributed by atoms with Gasteiger partial charge in [-0.25, -0.2) is 8.42 Å². The third kappa shape index (κ3) is 10.4. The Balaban J connectivity index is 1.32. The van der Waals surface area contributed by atoms with E-state index in [1.165, 1.54) is 6.07 Å². The van der Waals surface area contributed by atoms with Gasteiger partial charge in [0.15, 0.2) is 9.84 Å². The molecule has 1 aliphatic heterocycles. The molecule has 0 spiro atoms. The van der Waals surface area contributed by atoms with Crippen LogP contribution in [0.5, 0.6) is 0 Å². The number of piperidine rings is 1. The van der Waals surface area contributed by atoms with Crippen molar-refractivity contribution in [1.82, 2.24) is 5.32 Å². The molecule has 1 aliphatic carbocycles. The minimum Gasteiger partial charge on any atom is -0.381 e. The van der Waals surface area contributed by atoms with Crippen molar-refractivity contribution in [2.75, 3.05) is 17.6 Å². The molecule has 12 heteroatoms. The zero-order chi connectivity index (χ0) is 41.0. The van der Waals surface area contributed by atoms with Crippen LogP contribution < -0.4 is 22.1 Å². The average Bonchev–Trinajstić information content (AvgIpc) is 3.15. The molecule has 0 bridgehead atoms. The molecule has 0 atom stereocenters. The SMILES string of the molecule is CC1(C)CC(CS(=O)(=O)c2cccc(CN=C3C=CC(=C(c4ccc(NCc5ccccc5)c(CN)c4)c4ccccc4S(=O)(=O)O)C=C3CN)c2)CC(C)(C)N1. The van der Waals surface area contributed by atoms with Gasteiger partial charge < -0.3 is 22.1 Å². The number of nitrogens with two attached hydrogens (primary N) is 2. The fourth-order valence-corrected chi connectivity index (χ4v) is 10.8. The second-order valence-electron chi connectivity index (χ2n) is 16.2. The van der Waals surface area contributed by atoms with Gasteiger partial charge in [0.25, 0.3) is 10.1 Å². The fourth-order valence-electron chi connectivity index (χ4n) is 8.39. The first-order valence-corrected chi connectivity index (χ1v) is 22.2. The third-order valence-corrected chi connectivity index (χ3v) is 13.2. The van der Waals surface area contributed by atoms with Crippen molar-refractivity contribution in [2.45, 2.75) is 81.0 Å². The number of allylic oxidation sites excluding steroid dienone is 4. The van der Waals surface area contributed by atoms with Crippen molar-refractivity contribution in [1.29, 1.82) is 0 Å². The normalized spacial score (nSPS) is 18.6. The molecular formula is C45H53N5O5S2. The summed E-state index contributed by atoms with van der Waals surface area (Å²) < 4.78 is 63.1. The van der Waals surface area contributed by atoms with Crippen LogP contribution in [0.3, 0.4) is 0 Å². The first-order chi connectivity index (χ1) is 27.0. The van der Waals surface area contributed by atoms with E-state index in [0.717, 1.165) is 35.2 Å². The van der Waals surface area contributed by atoms with E-state index >= 15 is 0 Å². The van der Waals surface area contributed by atoms with Crippen LogP contribution in [0.1, 0.15) is 68.4 Å². The van der Waals surface area contributed by atoms with Crippen LogP contribution in [-0.2, 0) is 39.6 Å². The maximum absolute atomic E-state index is 13.7. The van der Waals surface area contributed by atoms with E-state index in [1.807, 2.05) is 72.8 Å². The molecule has 0 aromatic heterocycles. The van der Waals surface area contributed by atoms with Gasteiger partial charge in [-0.1, -0.05) is 72.8 Å². The second-order valence-corrected chi connectivity index (χ2v) is 19.6. The van der Waals surface area contributed by atoms with Crippen LogP contribution in [-0.4, -0.2) is 50.5 Å². The van der Waals surface area contributed by atoms with E-state index < -0.39 is 20.0 Å². The molecule has 0 radical (unpaired) electrons. The molecule has 1 heterocycles. The van der Waals surface area contributed by atoms with Gasteiger partial charge in [0.1, 0.15) is 4.90 Å². The lowest BCUT2D eigenvalue weighted by Gasteiger charge is -2.46. The zero-order valence-corrected chi connectivity index (χ0v) is 34.6. The lowest BCUT2D eigenvalue weighted by Crippen LogP contribution is -2.58.